The van der Waals surface area contributed by atoms with Gasteiger partial charge in [-0.1, -0.05) is 6.07 Å². The van der Waals surface area contributed by atoms with Crippen molar-refractivity contribution in [3.8, 4) is 11.3 Å². The number of carbonyl (C=O) groups excluding carboxylic acids is 2. The van der Waals surface area contributed by atoms with Crippen LogP contribution in [0, 0.1) is 12.8 Å². The van der Waals surface area contributed by atoms with E-state index in [-0.39, 0.29) is 23.8 Å². The van der Waals surface area contributed by atoms with E-state index < -0.39 is 12.1 Å². The van der Waals surface area contributed by atoms with Crippen LogP contribution in [0.2, 0.25) is 0 Å². The van der Waals surface area contributed by atoms with Crippen LogP contribution in [0.25, 0.3) is 22.0 Å². The maximum Gasteiger partial charge on any atom is 0.251 e. The van der Waals surface area contributed by atoms with Gasteiger partial charge in [0, 0.05) is 34.3 Å². The summed E-state index contributed by atoms with van der Waals surface area (Å²) in [5.41, 5.74) is 2.80. The quantitative estimate of drug-likeness (QED) is 0.642. The van der Waals surface area contributed by atoms with Gasteiger partial charge in [-0.25, -0.2) is 9.37 Å². The van der Waals surface area contributed by atoms with Gasteiger partial charge >= 0.3 is 0 Å². The summed E-state index contributed by atoms with van der Waals surface area (Å²) in [5, 5.41) is 7.33. The van der Waals surface area contributed by atoms with E-state index in [9.17, 15) is 14.0 Å². The lowest BCUT2D eigenvalue weighted by Crippen LogP contribution is -2.59. The van der Waals surface area contributed by atoms with Crippen LogP contribution in [0.1, 0.15) is 29.3 Å². The van der Waals surface area contributed by atoms with E-state index in [0.717, 1.165) is 27.6 Å². The van der Waals surface area contributed by atoms with Crippen molar-refractivity contribution in [1.29, 1.82) is 0 Å². The molecule has 0 radical (unpaired) electrons. The number of nitrogens with one attached hydrogen (secondary N) is 2. The first kappa shape index (κ1) is 20.5. The second-order valence-electron chi connectivity index (χ2n) is 8.87. The molecule has 7 nitrogen and oxygen atoms in total. The molecular formula is C24H23FN4O3. The van der Waals surface area contributed by atoms with E-state index in [2.05, 4.69) is 20.6 Å². The van der Waals surface area contributed by atoms with Crippen LogP contribution in [0.15, 0.2) is 42.7 Å². The number of alkyl halides is 1. The number of anilines is 1. The topological polar surface area (TPSA) is 93.2 Å². The van der Waals surface area contributed by atoms with Gasteiger partial charge in [-0.3, -0.25) is 14.6 Å². The van der Waals surface area contributed by atoms with Gasteiger partial charge < -0.3 is 15.4 Å². The van der Waals surface area contributed by atoms with Crippen molar-refractivity contribution in [3.63, 3.8) is 0 Å². The fraction of sp³-hybridized carbons (Fsp3) is 0.333. The molecule has 8 heteroatoms. The van der Waals surface area contributed by atoms with E-state index in [0.29, 0.717) is 24.6 Å². The number of benzene rings is 1. The lowest BCUT2D eigenvalue weighted by molar-refractivity contribution is -0.117. The highest BCUT2D eigenvalue weighted by molar-refractivity contribution is 5.97. The van der Waals surface area contributed by atoms with Gasteiger partial charge in [-0.15, -0.1) is 0 Å². The van der Waals surface area contributed by atoms with Crippen molar-refractivity contribution in [1.82, 2.24) is 15.3 Å². The molecule has 2 N–H and O–H groups in total. The third-order valence-electron chi connectivity index (χ3n) is 5.94. The molecule has 2 amide bonds. The molecule has 2 aromatic heterocycles. The molecule has 0 bridgehead atoms. The molecule has 5 rings (SSSR count). The van der Waals surface area contributed by atoms with Gasteiger partial charge in [-0.05, 0) is 50.1 Å². The number of rotatable bonds is 5. The van der Waals surface area contributed by atoms with Crippen molar-refractivity contribution in [2.75, 3.05) is 18.5 Å². The van der Waals surface area contributed by atoms with Gasteiger partial charge in [0.15, 0.2) is 0 Å². The molecule has 2 fully saturated rings. The molecule has 1 saturated heterocycles. The summed E-state index contributed by atoms with van der Waals surface area (Å²) < 4.78 is 18.3. The van der Waals surface area contributed by atoms with E-state index >= 15 is 0 Å². The summed E-state index contributed by atoms with van der Waals surface area (Å²) in [7, 11) is 0. The first-order valence-electron chi connectivity index (χ1n) is 10.5. The van der Waals surface area contributed by atoms with Crippen molar-refractivity contribution >= 4 is 28.4 Å². The summed E-state index contributed by atoms with van der Waals surface area (Å²) in [6.45, 7) is 4.94. The van der Waals surface area contributed by atoms with Crippen molar-refractivity contribution in [2.24, 2.45) is 5.92 Å². The monoisotopic (exact) mass is 434 g/mol. The van der Waals surface area contributed by atoms with Crippen LogP contribution >= 0.6 is 0 Å². The normalized spacial score (nSPS) is 21.0. The minimum atomic E-state index is -1.05. The summed E-state index contributed by atoms with van der Waals surface area (Å²) in [4.78, 5) is 33.5. The minimum absolute atomic E-state index is 0.147. The molecule has 0 spiro atoms. The fourth-order valence-electron chi connectivity index (χ4n) is 3.77. The number of ether oxygens (including phenoxy) is 1. The van der Waals surface area contributed by atoms with Gasteiger partial charge in [0.1, 0.15) is 12.0 Å². The Labute approximate surface area is 184 Å². The summed E-state index contributed by atoms with van der Waals surface area (Å²) in [6.07, 6.45) is 2.58. The molecule has 1 saturated carbocycles. The minimum Gasteiger partial charge on any atom is -0.376 e. The molecule has 2 atom stereocenters. The average Bonchev–Trinajstić information content (AvgIpc) is 3.49. The molecule has 3 heterocycles. The molecule has 1 aromatic carbocycles. The maximum absolute atomic E-state index is 13.1. The Morgan fingerprint density at radius 3 is 2.53 bits per heavy atom. The zero-order valence-corrected chi connectivity index (χ0v) is 17.8. The lowest BCUT2D eigenvalue weighted by Gasteiger charge is -2.38. The standard InChI is InChI=1S/C24H23FN4O3/c1-13-3-4-14(22(30)29-24(2)11-32-12-24)5-17(13)20-6-15-10-27-21(7-16(15)9-26-20)28-23(31)18-8-19(18)25/h3-7,9-10,18-19H,8,11-12H2,1-2H3,(H,29,30)(H,27,28,31)/t18-,19+/m1/s1. The fourth-order valence-corrected chi connectivity index (χ4v) is 3.77. The summed E-state index contributed by atoms with van der Waals surface area (Å²) in [6, 6.07) is 9.17. The Hall–Kier alpha value is -3.39. The SMILES string of the molecule is Cc1ccc(C(=O)NC2(C)COC2)cc1-c1cc2cnc(NC(=O)[C@@H]3C[C@@H]3F)cc2cn1. The van der Waals surface area contributed by atoms with Gasteiger partial charge in [0.25, 0.3) is 5.91 Å². The maximum atomic E-state index is 13.1. The molecule has 1 aliphatic carbocycles. The Morgan fingerprint density at radius 1 is 1.12 bits per heavy atom. The first-order chi connectivity index (χ1) is 15.3. The summed E-state index contributed by atoms with van der Waals surface area (Å²) in [5.74, 6) is -0.688. The van der Waals surface area contributed by atoms with Crippen LogP contribution in [0.3, 0.4) is 0 Å². The Morgan fingerprint density at radius 2 is 1.84 bits per heavy atom. The molecule has 0 unspecified atom stereocenters. The van der Waals surface area contributed by atoms with Gasteiger partial charge in [0.2, 0.25) is 5.91 Å². The number of hydrogen-bond donors (Lipinski definition) is 2. The zero-order valence-electron chi connectivity index (χ0n) is 17.8. The number of aromatic nitrogens is 2. The van der Waals surface area contributed by atoms with E-state index in [4.69, 9.17) is 4.74 Å². The predicted molar refractivity (Wildman–Crippen MR) is 118 cm³/mol. The number of nitrogens with zero attached hydrogens (tertiary/aromatic N) is 2. The number of pyridine rings is 2. The van der Waals surface area contributed by atoms with Gasteiger partial charge in [0.05, 0.1) is 30.4 Å². The Balaban J connectivity index is 1.39. The van der Waals surface area contributed by atoms with E-state index in [1.165, 1.54) is 0 Å². The number of fused-ring (bicyclic) bond motifs is 1. The van der Waals surface area contributed by atoms with Crippen LogP contribution in [-0.2, 0) is 9.53 Å². The molecular weight excluding hydrogens is 411 g/mol. The number of carbonyl (C=O) groups is 2. The number of hydrogen-bond acceptors (Lipinski definition) is 5. The Bertz CT molecular complexity index is 1240. The first-order valence-corrected chi connectivity index (χ1v) is 10.5. The number of aryl methyl sites for hydroxylation is 1. The Kier molecular flexibility index (Phi) is 4.89. The van der Waals surface area contributed by atoms with Crippen LogP contribution in [-0.4, -0.2) is 46.7 Å². The van der Waals surface area contributed by atoms with Gasteiger partial charge in [-0.2, -0.15) is 0 Å². The highest BCUT2D eigenvalue weighted by Gasteiger charge is 2.43. The zero-order chi connectivity index (χ0) is 22.5. The van der Waals surface area contributed by atoms with Crippen molar-refractivity contribution in [2.45, 2.75) is 32.0 Å². The van der Waals surface area contributed by atoms with Crippen molar-refractivity contribution < 1.29 is 18.7 Å². The second kappa shape index (κ2) is 7.63. The highest BCUT2D eigenvalue weighted by atomic mass is 19.1. The van der Waals surface area contributed by atoms with Crippen LogP contribution < -0.4 is 10.6 Å². The van der Waals surface area contributed by atoms with E-state index in [1.54, 1.807) is 24.5 Å². The molecule has 3 aromatic rings. The largest absolute Gasteiger partial charge is 0.376 e. The van der Waals surface area contributed by atoms with E-state index in [1.807, 2.05) is 32.0 Å². The third-order valence-corrected chi connectivity index (χ3v) is 5.94. The second-order valence-corrected chi connectivity index (χ2v) is 8.87. The molecule has 32 heavy (non-hydrogen) atoms. The lowest BCUT2D eigenvalue weighted by atomic mass is 9.97. The molecule has 164 valence electrons. The number of halogens is 1. The molecule has 2 aliphatic rings. The predicted octanol–water partition coefficient (Wildman–Crippen LogP) is 3.42. The summed E-state index contributed by atoms with van der Waals surface area (Å²) >= 11 is 0. The third kappa shape index (κ3) is 3.93. The van der Waals surface area contributed by atoms with Crippen molar-refractivity contribution in [3.05, 3.63) is 53.9 Å². The van der Waals surface area contributed by atoms with Crippen LogP contribution in [0.4, 0.5) is 10.2 Å². The number of amides is 2. The average molecular weight is 434 g/mol. The molecule has 1 aliphatic heterocycles. The van der Waals surface area contributed by atoms with Crippen LogP contribution in [0.5, 0.6) is 0 Å². The smallest absolute Gasteiger partial charge is 0.251 e. The highest BCUT2D eigenvalue weighted by Crippen LogP contribution is 2.35.